The van der Waals surface area contributed by atoms with Crippen LogP contribution >= 0.6 is 11.6 Å². The molecule has 0 aliphatic rings. The van der Waals surface area contributed by atoms with E-state index in [9.17, 15) is 0 Å². The van der Waals surface area contributed by atoms with E-state index in [1.54, 1.807) is 4.68 Å². The largest absolute Gasteiger partial charge is 0.395 e. The minimum absolute atomic E-state index is 0.162. The molecule has 0 radical (unpaired) electrons. The average Bonchev–Trinajstić information content (AvgIpc) is 2.94. The summed E-state index contributed by atoms with van der Waals surface area (Å²) in [5, 5.41) is 18.2. The molecule has 0 bridgehead atoms. The number of nitrogens with zero attached hydrogens (tertiary/aromatic N) is 4. The zero-order valence-electron chi connectivity index (χ0n) is 12.2. The van der Waals surface area contributed by atoms with Gasteiger partial charge in [-0.15, -0.1) is 5.10 Å². The van der Waals surface area contributed by atoms with Gasteiger partial charge in [0, 0.05) is 18.1 Å². The molecule has 1 aromatic carbocycles. The van der Waals surface area contributed by atoms with Gasteiger partial charge < -0.3 is 5.11 Å². The number of aliphatic hydroxyl groups excluding tert-OH is 1. The highest BCUT2D eigenvalue weighted by molar-refractivity contribution is 6.30. The van der Waals surface area contributed by atoms with Crippen molar-refractivity contribution in [1.82, 2.24) is 19.9 Å². The number of hydrogen-bond donors (Lipinski definition) is 1. The third-order valence-corrected chi connectivity index (χ3v) is 3.51. The van der Waals surface area contributed by atoms with Gasteiger partial charge in [-0.05, 0) is 37.2 Å². The van der Waals surface area contributed by atoms with Gasteiger partial charge in [0.2, 0.25) is 0 Å². The molecule has 1 heterocycles. The fourth-order valence-corrected chi connectivity index (χ4v) is 2.24. The Balaban J connectivity index is 2.02. The molecule has 6 heteroatoms. The van der Waals surface area contributed by atoms with Gasteiger partial charge in [0.15, 0.2) is 0 Å². The van der Waals surface area contributed by atoms with Crippen molar-refractivity contribution in [1.29, 1.82) is 0 Å². The quantitative estimate of drug-likeness (QED) is 0.814. The van der Waals surface area contributed by atoms with Crippen LogP contribution in [0.5, 0.6) is 0 Å². The van der Waals surface area contributed by atoms with Crippen LogP contribution in [0.25, 0.3) is 5.69 Å². The molecule has 0 fully saturated rings. The zero-order valence-corrected chi connectivity index (χ0v) is 13.0. The van der Waals surface area contributed by atoms with Gasteiger partial charge in [-0.25, -0.2) is 4.68 Å². The molecule has 0 aliphatic carbocycles. The minimum Gasteiger partial charge on any atom is -0.395 e. The lowest BCUT2D eigenvalue weighted by atomic mass is 10.3. The van der Waals surface area contributed by atoms with Gasteiger partial charge in [0.1, 0.15) is 0 Å². The molecule has 0 amide bonds. The maximum Gasteiger partial charge on any atom is 0.0971 e. The third kappa shape index (κ3) is 4.81. The summed E-state index contributed by atoms with van der Waals surface area (Å²) in [7, 11) is 0. The fourth-order valence-electron chi connectivity index (χ4n) is 2.11. The van der Waals surface area contributed by atoms with Crippen molar-refractivity contribution in [3.05, 3.63) is 41.2 Å². The molecule has 1 N–H and O–H groups in total. The molecule has 1 aromatic heterocycles. The monoisotopic (exact) mass is 308 g/mol. The Bertz CT molecular complexity index is 541. The third-order valence-electron chi connectivity index (χ3n) is 3.26. The Hall–Kier alpha value is -1.43. The first kappa shape index (κ1) is 15.9. The fraction of sp³-hybridized carbons (Fsp3) is 0.467. The molecule has 2 rings (SSSR count). The lowest BCUT2D eigenvalue weighted by molar-refractivity contribution is 0.187. The summed E-state index contributed by atoms with van der Waals surface area (Å²) < 4.78 is 1.74. The minimum atomic E-state index is 0.162. The molecular formula is C15H21ClN4O. The van der Waals surface area contributed by atoms with Gasteiger partial charge in [-0.1, -0.05) is 30.2 Å². The molecule has 0 saturated heterocycles. The second kappa shape index (κ2) is 8.12. The first-order valence-corrected chi connectivity index (χ1v) is 7.61. The van der Waals surface area contributed by atoms with E-state index < -0.39 is 0 Å². The summed E-state index contributed by atoms with van der Waals surface area (Å²) in [6.07, 6.45) is 4.17. The van der Waals surface area contributed by atoms with Crippen LogP contribution in [-0.4, -0.2) is 44.7 Å². The second-order valence-corrected chi connectivity index (χ2v) is 5.42. The van der Waals surface area contributed by atoms with Crippen LogP contribution in [0.4, 0.5) is 0 Å². The Morgan fingerprint density at radius 2 is 2.00 bits per heavy atom. The van der Waals surface area contributed by atoms with E-state index in [0.29, 0.717) is 18.1 Å². The summed E-state index contributed by atoms with van der Waals surface area (Å²) in [4.78, 5) is 2.19. The number of halogens is 1. The van der Waals surface area contributed by atoms with Gasteiger partial charge in [-0.3, -0.25) is 4.90 Å². The van der Waals surface area contributed by atoms with E-state index >= 15 is 0 Å². The van der Waals surface area contributed by atoms with Crippen molar-refractivity contribution in [2.45, 2.75) is 26.3 Å². The van der Waals surface area contributed by atoms with Gasteiger partial charge >= 0.3 is 0 Å². The van der Waals surface area contributed by atoms with Crippen molar-refractivity contribution >= 4 is 11.6 Å². The molecule has 0 saturated carbocycles. The van der Waals surface area contributed by atoms with Crippen LogP contribution in [0.2, 0.25) is 5.02 Å². The normalized spacial score (nSPS) is 11.2. The molecule has 21 heavy (non-hydrogen) atoms. The predicted octanol–water partition coefficient (Wildman–Crippen LogP) is 2.52. The Kier molecular flexibility index (Phi) is 6.17. The number of unbranched alkanes of at least 4 members (excludes halogenated alkanes) is 1. The summed E-state index contributed by atoms with van der Waals surface area (Å²) in [6.45, 7) is 4.65. The highest BCUT2D eigenvalue weighted by atomic mass is 35.5. The smallest absolute Gasteiger partial charge is 0.0971 e. The van der Waals surface area contributed by atoms with Crippen molar-refractivity contribution < 1.29 is 5.11 Å². The number of hydrogen-bond acceptors (Lipinski definition) is 4. The van der Waals surface area contributed by atoms with Crippen LogP contribution in [0, 0.1) is 0 Å². The first-order valence-electron chi connectivity index (χ1n) is 7.23. The number of benzene rings is 1. The highest BCUT2D eigenvalue weighted by Crippen LogP contribution is 2.13. The maximum absolute atomic E-state index is 9.13. The average molecular weight is 309 g/mol. The van der Waals surface area contributed by atoms with E-state index in [-0.39, 0.29) is 6.61 Å². The molecule has 0 spiro atoms. The van der Waals surface area contributed by atoms with Crippen LogP contribution in [0.15, 0.2) is 30.5 Å². The van der Waals surface area contributed by atoms with Crippen LogP contribution in [-0.2, 0) is 6.54 Å². The van der Waals surface area contributed by atoms with Crippen molar-refractivity contribution in [3.8, 4) is 5.69 Å². The van der Waals surface area contributed by atoms with Crippen LogP contribution in [0.1, 0.15) is 25.5 Å². The lowest BCUT2D eigenvalue weighted by Gasteiger charge is -2.19. The van der Waals surface area contributed by atoms with Crippen LogP contribution in [0.3, 0.4) is 0 Å². The zero-order chi connectivity index (χ0) is 15.1. The molecular weight excluding hydrogens is 288 g/mol. The van der Waals surface area contributed by atoms with E-state index in [1.165, 1.54) is 0 Å². The predicted molar refractivity (Wildman–Crippen MR) is 83.6 cm³/mol. The second-order valence-electron chi connectivity index (χ2n) is 4.98. The van der Waals surface area contributed by atoms with Crippen molar-refractivity contribution in [3.63, 3.8) is 0 Å². The van der Waals surface area contributed by atoms with Crippen LogP contribution < -0.4 is 0 Å². The van der Waals surface area contributed by atoms with Crippen molar-refractivity contribution in [2.24, 2.45) is 0 Å². The van der Waals surface area contributed by atoms with Crippen molar-refractivity contribution in [2.75, 3.05) is 19.7 Å². The molecule has 2 aromatic rings. The van der Waals surface area contributed by atoms with E-state index in [0.717, 1.165) is 30.8 Å². The molecule has 114 valence electrons. The topological polar surface area (TPSA) is 54.2 Å². The van der Waals surface area contributed by atoms with Gasteiger partial charge in [-0.2, -0.15) is 0 Å². The van der Waals surface area contributed by atoms with Gasteiger partial charge in [0.25, 0.3) is 0 Å². The Morgan fingerprint density at radius 1 is 1.24 bits per heavy atom. The van der Waals surface area contributed by atoms with E-state index in [4.69, 9.17) is 16.7 Å². The lowest BCUT2D eigenvalue weighted by Crippen LogP contribution is -2.27. The van der Waals surface area contributed by atoms with E-state index in [2.05, 4.69) is 22.1 Å². The van der Waals surface area contributed by atoms with E-state index in [1.807, 2.05) is 30.5 Å². The highest BCUT2D eigenvalue weighted by Gasteiger charge is 2.09. The standard InChI is InChI=1S/C15H21ClN4O/c1-2-3-8-19(9-10-21)11-14-12-20(18-17-14)15-6-4-13(16)5-7-15/h4-7,12,21H,2-3,8-11H2,1H3. The molecule has 5 nitrogen and oxygen atoms in total. The maximum atomic E-state index is 9.13. The summed E-state index contributed by atoms with van der Waals surface area (Å²) in [5.41, 5.74) is 1.83. The number of rotatable bonds is 8. The number of aromatic nitrogens is 3. The SMILES string of the molecule is CCCCN(CCO)Cc1cn(-c2ccc(Cl)cc2)nn1. The summed E-state index contributed by atoms with van der Waals surface area (Å²) >= 11 is 5.88. The van der Waals surface area contributed by atoms with Gasteiger partial charge in [0.05, 0.1) is 24.2 Å². The summed E-state index contributed by atoms with van der Waals surface area (Å²) in [6, 6.07) is 7.47. The Labute approximate surface area is 130 Å². The molecule has 0 unspecified atom stereocenters. The number of aliphatic hydroxyl groups is 1. The molecule has 0 aliphatic heterocycles. The molecule has 0 atom stereocenters. The first-order chi connectivity index (χ1) is 10.2. The Morgan fingerprint density at radius 3 is 2.67 bits per heavy atom. The summed E-state index contributed by atoms with van der Waals surface area (Å²) in [5.74, 6) is 0.